The van der Waals surface area contributed by atoms with Gasteiger partial charge in [-0.2, -0.15) is 0 Å². The van der Waals surface area contributed by atoms with Crippen LogP contribution < -0.4 is 0 Å². The van der Waals surface area contributed by atoms with Crippen molar-refractivity contribution in [1.29, 1.82) is 0 Å². The zero-order chi connectivity index (χ0) is 65.9. The summed E-state index contributed by atoms with van der Waals surface area (Å²) in [5, 5.41) is 37.2. The third-order valence-corrected chi connectivity index (χ3v) is 18.9. The average molecular weight is 1230 g/mol. The molecule has 6 atom stereocenters. The summed E-state index contributed by atoms with van der Waals surface area (Å²) >= 11 is 0. The van der Waals surface area contributed by atoms with Crippen LogP contribution in [0.1, 0.15) is 192 Å². The Labute approximate surface area is 522 Å². The van der Waals surface area contributed by atoms with E-state index < -0.39 is 58.9 Å². The van der Waals surface area contributed by atoms with E-state index in [0.29, 0.717) is 95.9 Å². The number of carboxylic acids is 2. The van der Waals surface area contributed by atoms with Gasteiger partial charge in [-0.15, -0.1) is 0 Å². The second-order valence-corrected chi connectivity index (χ2v) is 29.8. The number of nitrogens with zero attached hydrogens (tertiary/aromatic N) is 5. The molecular formula is C63H112B3N5O16. The number of hydrogen-bond donors (Lipinski definition) is 4. The van der Waals surface area contributed by atoms with Crippen molar-refractivity contribution in [3.8, 4) is 0 Å². The van der Waals surface area contributed by atoms with Gasteiger partial charge in [-0.3, -0.25) is 14.6 Å². The molecule has 0 aromatic heterocycles. The number of benzene rings is 1. The number of unbranched alkanes of at least 4 members (excludes halogenated alkanes) is 3. The Morgan fingerprint density at radius 1 is 0.575 bits per heavy atom. The minimum atomic E-state index is -1.27. The van der Waals surface area contributed by atoms with Gasteiger partial charge in [0.2, 0.25) is 0 Å². The van der Waals surface area contributed by atoms with E-state index in [1.165, 1.54) is 4.90 Å². The summed E-state index contributed by atoms with van der Waals surface area (Å²) < 4.78 is 41.6. The number of esters is 1. The van der Waals surface area contributed by atoms with Gasteiger partial charge in [-0.1, -0.05) is 68.9 Å². The summed E-state index contributed by atoms with van der Waals surface area (Å²) in [6.45, 7) is 28.0. The van der Waals surface area contributed by atoms with Crippen molar-refractivity contribution in [3.63, 3.8) is 0 Å². The molecule has 0 bridgehead atoms. The fourth-order valence-electron chi connectivity index (χ4n) is 12.1. The van der Waals surface area contributed by atoms with Gasteiger partial charge in [0.15, 0.2) is 0 Å². The molecule has 24 heteroatoms. The molecular weight excluding hydrogens is 1120 g/mol. The van der Waals surface area contributed by atoms with E-state index in [9.17, 15) is 34.2 Å². The monoisotopic (exact) mass is 1230 g/mol. The molecule has 0 spiro atoms. The third-order valence-electron chi connectivity index (χ3n) is 18.9. The first-order valence-electron chi connectivity index (χ1n) is 31.7. The van der Waals surface area contributed by atoms with E-state index in [2.05, 4.69) is 9.80 Å². The van der Waals surface area contributed by atoms with Crippen LogP contribution >= 0.6 is 0 Å². The van der Waals surface area contributed by atoms with E-state index in [1.54, 1.807) is 25.7 Å². The van der Waals surface area contributed by atoms with E-state index in [1.807, 2.05) is 154 Å². The normalized spacial score (nSPS) is 26.4. The number of aliphatic carboxylic acids is 2. The van der Waals surface area contributed by atoms with Crippen LogP contribution in [0.2, 0.25) is 19.0 Å². The molecule has 0 unspecified atom stereocenters. The van der Waals surface area contributed by atoms with Crippen LogP contribution in [0, 0.1) is 5.41 Å². The predicted octanol–water partition coefficient (Wildman–Crippen LogP) is 9.76. The number of likely N-dealkylation sites (tertiary alicyclic amines) is 2. The van der Waals surface area contributed by atoms with E-state index in [-0.39, 0.29) is 61.3 Å². The van der Waals surface area contributed by atoms with Crippen molar-refractivity contribution < 1.29 is 77.1 Å². The SMILES string of the molecule is CN(C)[C@H]1CC[C@](CCCCB(O)O)(C(=O)O)C1.CN(C)[C@H]1CN(C(=O)OC(C)(C)C)[C@](CCCCB2OC(C)(C)C(C)(C)O2)(C(=O)O)C1.CN(C)[C@H]1CN(C(=O)OC(C)(C)C)[C@](CCCCB2OC(C)(C)C(C)(C)O2)(C(=O)OCc2ccccc2)C1. The number of carbonyl (C=O) groups is 5. The number of ether oxygens (including phenoxy) is 3. The first-order valence-corrected chi connectivity index (χ1v) is 31.7. The largest absolute Gasteiger partial charge is 0.481 e. The molecule has 6 rings (SSSR count). The molecule has 1 aromatic carbocycles. The average Bonchev–Trinajstić information content (AvgIpc) is 1.71. The van der Waals surface area contributed by atoms with Crippen LogP contribution in [0.15, 0.2) is 30.3 Å². The van der Waals surface area contributed by atoms with E-state index >= 15 is 0 Å². The highest BCUT2D eigenvalue weighted by atomic mass is 16.7. The van der Waals surface area contributed by atoms with Gasteiger partial charge >= 0.3 is 51.4 Å². The molecule has 0 radical (unpaired) electrons. The van der Waals surface area contributed by atoms with Crippen LogP contribution in [0.4, 0.5) is 9.59 Å². The summed E-state index contributed by atoms with van der Waals surface area (Å²) in [5.74, 6) is -2.05. The highest BCUT2D eigenvalue weighted by Crippen LogP contribution is 2.46. The maximum atomic E-state index is 13.9. The van der Waals surface area contributed by atoms with Crippen molar-refractivity contribution >= 4 is 51.4 Å². The molecule has 4 heterocycles. The molecule has 1 aromatic rings. The number of amides is 2. The maximum absolute atomic E-state index is 13.9. The summed E-state index contributed by atoms with van der Waals surface area (Å²) in [6.07, 6.45) is 9.71. The summed E-state index contributed by atoms with van der Waals surface area (Å²) in [4.78, 5) is 73.4. The first kappa shape index (κ1) is 75.5. The Morgan fingerprint density at radius 3 is 1.36 bits per heavy atom. The van der Waals surface area contributed by atoms with Crippen LogP contribution in [0.5, 0.6) is 0 Å². The van der Waals surface area contributed by atoms with Crippen molar-refractivity contribution in [3.05, 3.63) is 35.9 Å². The standard InChI is InChI=1S/C29H47BN2O6.C22H41BN2O6.C12H24BNO4/c1-26(2,3)36-25(34)32-20-23(31(8)9)19-29(32,24(33)35-21-22-15-11-10-12-16-22)17-13-14-18-30-37-27(4,5)28(6,7)38-30;1-19(2,3)29-18(28)25-15-16(24(8)9)14-22(25,17(26)27)12-10-11-13-23-30-20(4,5)21(6,7)31-23;1-14(2)10-5-7-12(9-10,11(15)16)6-3-4-8-13(17)18/h10-12,15-16,23H,13-14,17-21H2,1-9H3;16H,10-15H2,1-9H3,(H,26,27);10,17-18H,3-9H2,1-2H3,(H,15,16)/t23-,29+;16-,22+;10-,12-/m110/s1. The van der Waals surface area contributed by atoms with Crippen molar-refractivity contribution in [2.75, 3.05) is 55.4 Å². The predicted molar refractivity (Wildman–Crippen MR) is 339 cm³/mol. The lowest BCUT2D eigenvalue weighted by atomic mass is 9.78. The van der Waals surface area contributed by atoms with Gasteiger partial charge < -0.3 is 67.8 Å². The molecule has 1 aliphatic carbocycles. The van der Waals surface area contributed by atoms with Gasteiger partial charge in [-0.05, 0) is 215 Å². The van der Waals surface area contributed by atoms with Crippen molar-refractivity contribution in [1.82, 2.24) is 24.5 Å². The Balaban J connectivity index is 0.000000297. The Bertz CT molecular complexity index is 2370. The van der Waals surface area contributed by atoms with Gasteiger partial charge in [0.25, 0.3) is 0 Å². The molecule has 4 aliphatic heterocycles. The van der Waals surface area contributed by atoms with Gasteiger partial charge in [0.1, 0.15) is 28.9 Å². The van der Waals surface area contributed by atoms with Crippen LogP contribution in [0.25, 0.3) is 0 Å². The summed E-state index contributed by atoms with van der Waals surface area (Å²) in [7, 11) is 9.89. The quantitative estimate of drug-likeness (QED) is 0.0344. The zero-order valence-electron chi connectivity index (χ0n) is 56.9. The molecule has 5 aliphatic rings. The second kappa shape index (κ2) is 30.4. The van der Waals surface area contributed by atoms with Crippen LogP contribution in [-0.2, 0) is 53.8 Å². The van der Waals surface area contributed by atoms with Gasteiger partial charge in [0, 0.05) is 31.2 Å². The van der Waals surface area contributed by atoms with Crippen LogP contribution in [-0.4, -0.2) is 214 Å². The topological polar surface area (TPSA) is 247 Å². The number of carboxylic acid groups (broad SMARTS) is 2. The number of hydrogen-bond acceptors (Lipinski definition) is 17. The lowest BCUT2D eigenvalue weighted by Gasteiger charge is -2.37. The fraction of sp³-hybridized carbons (Fsp3) is 0.825. The molecule has 21 nitrogen and oxygen atoms in total. The first-order chi connectivity index (χ1) is 39.9. The molecule has 87 heavy (non-hydrogen) atoms. The van der Waals surface area contributed by atoms with E-state index in [4.69, 9.17) is 42.9 Å². The highest BCUT2D eigenvalue weighted by Gasteiger charge is 2.58. The maximum Gasteiger partial charge on any atom is 0.457 e. The van der Waals surface area contributed by atoms with Gasteiger partial charge in [-0.25, -0.2) is 19.2 Å². The third kappa shape index (κ3) is 20.5. The van der Waals surface area contributed by atoms with Crippen molar-refractivity contribution in [2.45, 2.75) is 275 Å². The number of carbonyl (C=O) groups excluding carboxylic acids is 3. The molecule has 4 saturated heterocycles. The Hall–Kier alpha value is -4.00. The van der Waals surface area contributed by atoms with Crippen molar-refractivity contribution in [2.24, 2.45) is 5.41 Å². The smallest absolute Gasteiger partial charge is 0.457 e. The Morgan fingerprint density at radius 2 is 0.977 bits per heavy atom. The number of rotatable bonds is 23. The summed E-state index contributed by atoms with van der Waals surface area (Å²) in [6, 6.07) is 9.93. The Kier molecular flexibility index (Phi) is 26.4. The fourth-order valence-corrected chi connectivity index (χ4v) is 12.1. The highest BCUT2D eigenvalue weighted by molar-refractivity contribution is 6.45. The second-order valence-electron chi connectivity index (χ2n) is 29.8. The lowest BCUT2D eigenvalue weighted by molar-refractivity contribution is -0.158. The molecule has 494 valence electrons. The summed E-state index contributed by atoms with van der Waals surface area (Å²) in [5.41, 5.74) is -4.95. The minimum absolute atomic E-state index is 0.00916. The molecule has 5 fully saturated rings. The molecule has 4 N–H and O–H groups in total. The van der Waals surface area contributed by atoms with E-state index in [0.717, 1.165) is 37.7 Å². The lowest BCUT2D eigenvalue weighted by Crippen LogP contribution is -2.55. The van der Waals surface area contributed by atoms with Gasteiger partial charge in [0.05, 0.1) is 27.8 Å². The minimum Gasteiger partial charge on any atom is -0.481 e. The molecule has 2 amide bonds. The number of likely N-dealkylation sites (N-methyl/N-ethyl adjacent to an activating group) is 2. The zero-order valence-corrected chi connectivity index (χ0v) is 56.9. The van der Waals surface area contributed by atoms with Crippen LogP contribution in [0.3, 0.4) is 0 Å². The molecule has 1 saturated carbocycles.